The number of carboxylic acids is 1. The second-order valence-corrected chi connectivity index (χ2v) is 12.2. The number of amides is 1. The Labute approximate surface area is 315 Å². The fourth-order valence-corrected chi connectivity index (χ4v) is 5.11. The van der Waals surface area contributed by atoms with Crippen LogP contribution >= 0.6 is 23.2 Å². The fraction of sp³-hybridized carbons (Fsp3) is 0.222. The van der Waals surface area contributed by atoms with Gasteiger partial charge in [0.15, 0.2) is 5.69 Å². The summed E-state index contributed by atoms with van der Waals surface area (Å²) < 4.78 is 3.26. The van der Waals surface area contributed by atoms with Gasteiger partial charge in [-0.1, -0.05) is 60.7 Å². The number of hydrogen-bond acceptors (Lipinski definition) is 11. The van der Waals surface area contributed by atoms with Crippen LogP contribution in [0.25, 0.3) is 11.6 Å². The van der Waals surface area contributed by atoms with Gasteiger partial charge in [-0.05, 0) is 62.0 Å². The molecule has 0 saturated carbocycles. The highest BCUT2D eigenvalue weighted by Gasteiger charge is 2.20. The minimum Gasteiger partial charge on any atom is -0.476 e. The van der Waals surface area contributed by atoms with E-state index in [1.807, 2.05) is 74.5 Å². The Hall–Kier alpha value is -5.58. The summed E-state index contributed by atoms with van der Waals surface area (Å²) in [6.07, 6.45) is 6.19. The van der Waals surface area contributed by atoms with Crippen molar-refractivity contribution < 1.29 is 24.9 Å². The molecule has 6 aromatic rings. The lowest BCUT2D eigenvalue weighted by atomic mass is 10.1. The molecule has 0 aliphatic carbocycles. The number of carbonyl (C=O) groups excluding carboxylic acids is 1. The van der Waals surface area contributed by atoms with Gasteiger partial charge in [0, 0.05) is 35.9 Å². The molecule has 4 aromatic heterocycles. The summed E-state index contributed by atoms with van der Waals surface area (Å²) in [6.45, 7) is 6.92. The average Bonchev–Trinajstić information content (AvgIpc) is 3.75. The Morgan fingerprint density at radius 1 is 0.717 bits per heavy atom. The van der Waals surface area contributed by atoms with Crippen LogP contribution in [0.15, 0.2) is 85.5 Å². The van der Waals surface area contributed by atoms with Gasteiger partial charge in [0.25, 0.3) is 5.91 Å². The smallest absolute Gasteiger partial charge is 0.356 e. The van der Waals surface area contributed by atoms with Gasteiger partial charge in [-0.3, -0.25) is 13.9 Å². The van der Waals surface area contributed by atoms with Gasteiger partial charge in [-0.2, -0.15) is 9.97 Å². The topological polar surface area (TPSA) is 220 Å². The van der Waals surface area contributed by atoms with Crippen LogP contribution < -0.4 is 11.1 Å². The first-order chi connectivity index (χ1) is 25.3. The lowest BCUT2D eigenvalue weighted by Gasteiger charge is -2.15. The van der Waals surface area contributed by atoms with Crippen LogP contribution in [0.5, 0.6) is 0 Å². The van der Waals surface area contributed by atoms with Crippen molar-refractivity contribution in [3.8, 4) is 11.6 Å². The van der Waals surface area contributed by atoms with Crippen LogP contribution in [-0.2, 0) is 0 Å². The van der Waals surface area contributed by atoms with Crippen LogP contribution in [0.3, 0.4) is 0 Å². The number of nitrogens with one attached hydrogen (secondary N) is 1. The minimum absolute atomic E-state index is 0.00398. The van der Waals surface area contributed by atoms with Gasteiger partial charge < -0.3 is 26.4 Å². The van der Waals surface area contributed by atoms with Gasteiger partial charge in [0.05, 0.1) is 25.3 Å². The molecule has 0 saturated heterocycles. The van der Waals surface area contributed by atoms with Crippen molar-refractivity contribution in [2.75, 3.05) is 13.2 Å². The number of benzene rings is 2. The van der Waals surface area contributed by atoms with Crippen molar-refractivity contribution >= 4 is 35.1 Å². The second-order valence-electron chi connectivity index (χ2n) is 11.5. The van der Waals surface area contributed by atoms with E-state index in [-0.39, 0.29) is 47.1 Å². The van der Waals surface area contributed by atoms with Crippen molar-refractivity contribution in [1.29, 1.82) is 0 Å². The number of aromatic nitrogens is 8. The number of aromatic carboxylic acids is 1. The maximum Gasteiger partial charge on any atom is 0.356 e. The highest BCUT2D eigenvalue weighted by atomic mass is 35.5. The van der Waals surface area contributed by atoms with E-state index >= 15 is 0 Å². The Morgan fingerprint density at radius 3 is 1.60 bits per heavy atom. The van der Waals surface area contributed by atoms with Crippen LogP contribution in [0, 0.1) is 27.7 Å². The van der Waals surface area contributed by atoms with Crippen molar-refractivity contribution in [3.05, 3.63) is 141 Å². The molecule has 0 radical (unpaired) electrons. The number of imidazole rings is 2. The van der Waals surface area contributed by atoms with E-state index in [2.05, 4.69) is 35.2 Å². The molecular weight excluding hydrogens is 723 g/mol. The molecule has 276 valence electrons. The molecule has 2 aromatic carbocycles. The fourth-order valence-electron chi connectivity index (χ4n) is 4.86. The summed E-state index contributed by atoms with van der Waals surface area (Å²) in [6, 6.07) is 18.1. The van der Waals surface area contributed by atoms with Crippen molar-refractivity contribution in [1.82, 2.24) is 44.4 Å². The van der Waals surface area contributed by atoms with Gasteiger partial charge in [0.1, 0.15) is 29.0 Å². The molecule has 6 rings (SSSR count). The van der Waals surface area contributed by atoms with Gasteiger partial charge in [-0.25, -0.2) is 24.7 Å². The summed E-state index contributed by atoms with van der Waals surface area (Å²) in [7, 11) is 0. The molecule has 0 bridgehead atoms. The van der Waals surface area contributed by atoms with Gasteiger partial charge in [-0.15, -0.1) is 0 Å². The lowest BCUT2D eigenvalue weighted by molar-refractivity contribution is 0.0690. The van der Waals surface area contributed by atoms with E-state index in [9.17, 15) is 14.7 Å². The maximum absolute atomic E-state index is 12.6. The van der Waals surface area contributed by atoms with Crippen molar-refractivity contribution in [2.24, 2.45) is 5.73 Å². The summed E-state index contributed by atoms with van der Waals surface area (Å²) in [5, 5.41) is 30.2. The SMILES string of the molecule is Cc1cnc(Cl)nc1-n1cc(C(=O)NC(CO)c2ccccc2)nc1C.Cc1cnc(Cl)nc1-n1cc(C(=O)O)nc1C.NC(CO)c1ccccc1. The van der Waals surface area contributed by atoms with E-state index in [0.29, 0.717) is 23.3 Å². The Morgan fingerprint density at radius 2 is 1.17 bits per heavy atom. The first-order valence-electron chi connectivity index (χ1n) is 16.0. The van der Waals surface area contributed by atoms with E-state index in [4.69, 9.17) is 39.1 Å². The molecule has 1 amide bonds. The zero-order valence-corrected chi connectivity index (χ0v) is 30.7. The maximum atomic E-state index is 12.6. The van der Waals surface area contributed by atoms with E-state index < -0.39 is 12.0 Å². The van der Waals surface area contributed by atoms with E-state index in [0.717, 1.165) is 22.3 Å². The molecule has 0 fully saturated rings. The van der Waals surface area contributed by atoms with E-state index in [1.54, 1.807) is 41.6 Å². The molecule has 17 heteroatoms. The van der Waals surface area contributed by atoms with Crippen LogP contribution in [0.1, 0.15) is 67.0 Å². The molecule has 15 nitrogen and oxygen atoms in total. The predicted molar refractivity (Wildman–Crippen MR) is 198 cm³/mol. The number of aliphatic hydroxyl groups excluding tert-OH is 2. The summed E-state index contributed by atoms with van der Waals surface area (Å²) in [5.41, 5.74) is 9.12. The Balaban J connectivity index is 0.000000198. The number of carboxylic acid groups (broad SMARTS) is 1. The standard InChI is InChI=1S/C18H18ClN5O2.C10H9ClN4O2.C8H11NO/c1-11-8-20-18(19)23-16(11)24-9-14(21-12(24)2)17(26)22-15(10-25)13-6-4-3-5-7-13;1-5-3-12-10(11)14-8(5)15-4-7(9(16)17)13-6(15)2;9-8(6-10)7-4-2-1-3-5-7/h3-9,15,25H,10H2,1-2H3,(H,22,26);3-4H,1-2H3,(H,16,17);1-5,8,10H,6,9H2. The van der Waals surface area contributed by atoms with Crippen LogP contribution in [0.4, 0.5) is 0 Å². The quantitative estimate of drug-likeness (QED) is 0.127. The Kier molecular flexibility index (Phi) is 14.2. The first kappa shape index (κ1) is 40.2. The normalized spacial score (nSPS) is 11.7. The second kappa shape index (κ2) is 18.8. The molecule has 4 heterocycles. The number of aryl methyl sites for hydroxylation is 4. The molecule has 0 spiro atoms. The molecule has 2 unspecified atom stereocenters. The molecule has 0 aliphatic rings. The number of halogens is 2. The first-order valence-corrected chi connectivity index (χ1v) is 16.8. The van der Waals surface area contributed by atoms with Crippen molar-refractivity contribution in [2.45, 2.75) is 39.8 Å². The van der Waals surface area contributed by atoms with Crippen LogP contribution in [0.2, 0.25) is 10.6 Å². The van der Waals surface area contributed by atoms with Crippen LogP contribution in [-0.4, -0.2) is 79.4 Å². The Bertz CT molecular complexity index is 2150. The van der Waals surface area contributed by atoms with Gasteiger partial charge in [0.2, 0.25) is 10.6 Å². The molecule has 6 N–H and O–H groups in total. The van der Waals surface area contributed by atoms with Gasteiger partial charge >= 0.3 is 5.97 Å². The molecular formula is C36H38Cl2N10O5. The minimum atomic E-state index is -1.08. The third kappa shape index (κ3) is 10.7. The number of nitrogens with zero attached hydrogens (tertiary/aromatic N) is 8. The third-order valence-corrected chi connectivity index (χ3v) is 7.98. The number of carbonyl (C=O) groups is 2. The monoisotopic (exact) mass is 760 g/mol. The number of hydrogen-bond donors (Lipinski definition) is 5. The number of nitrogens with two attached hydrogens (primary N) is 1. The number of aliphatic hydroxyl groups is 2. The number of rotatable bonds is 9. The highest BCUT2D eigenvalue weighted by Crippen LogP contribution is 2.18. The van der Waals surface area contributed by atoms with E-state index in [1.165, 1.54) is 6.20 Å². The summed E-state index contributed by atoms with van der Waals surface area (Å²) in [4.78, 5) is 47.7. The molecule has 53 heavy (non-hydrogen) atoms. The summed E-state index contributed by atoms with van der Waals surface area (Å²) in [5.74, 6) is 0.754. The molecule has 2 atom stereocenters. The zero-order chi connectivity index (χ0) is 38.7. The summed E-state index contributed by atoms with van der Waals surface area (Å²) >= 11 is 11.6. The molecule has 0 aliphatic heterocycles. The largest absolute Gasteiger partial charge is 0.476 e. The predicted octanol–water partition coefficient (Wildman–Crippen LogP) is 4.71. The zero-order valence-electron chi connectivity index (χ0n) is 29.2. The lowest BCUT2D eigenvalue weighted by Crippen LogP contribution is -2.31. The third-order valence-electron chi connectivity index (χ3n) is 7.62. The highest BCUT2D eigenvalue weighted by molar-refractivity contribution is 6.28. The van der Waals surface area contributed by atoms with Crippen molar-refractivity contribution in [3.63, 3.8) is 0 Å². The average molecular weight is 762 g/mol.